The number of hydrogen-bond donors (Lipinski definition) is 1. The van der Waals surface area contributed by atoms with E-state index in [0.717, 1.165) is 27.8 Å². The molecule has 27 heavy (non-hydrogen) atoms. The van der Waals surface area contributed by atoms with Crippen molar-refractivity contribution in [3.05, 3.63) is 59.7 Å². The zero-order chi connectivity index (χ0) is 19.1. The van der Waals surface area contributed by atoms with Crippen molar-refractivity contribution in [2.75, 3.05) is 11.4 Å². The van der Waals surface area contributed by atoms with E-state index in [4.69, 9.17) is 0 Å². The van der Waals surface area contributed by atoms with Gasteiger partial charge in [0.1, 0.15) is 6.04 Å². The second-order valence-corrected chi connectivity index (χ2v) is 6.93. The first-order valence-corrected chi connectivity index (χ1v) is 9.10. The third-order valence-corrected chi connectivity index (χ3v) is 5.36. The van der Waals surface area contributed by atoms with Crippen molar-refractivity contribution in [1.82, 2.24) is 14.9 Å². The van der Waals surface area contributed by atoms with Gasteiger partial charge in [0.05, 0.1) is 17.7 Å². The van der Waals surface area contributed by atoms with E-state index in [1.807, 2.05) is 54.8 Å². The van der Waals surface area contributed by atoms with Crippen LogP contribution in [0.1, 0.15) is 28.7 Å². The smallest absolute Gasteiger partial charge is 0.259 e. The number of nitrogens with zero attached hydrogens (tertiary/aromatic N) is 3. The van der Waals surface area contributed by atoms with Gasteiger partial charge in [-0.15, -0.1) is 0 Å². The van der Waals surface area contributed by atoms with Crippen LogP contribution >= 0.6 is 0 Å². The first-order chi connectivity index (χ1) is 13.0. The van der Waals surface area contributed by atoms with Gasteiger partial charge in [-0.05, 0) is 38.3 Å². The molecule has 4 rings (SSSR count). The van der Waals surface area contributed by atoms with Gasteiger partial charge in [-0.25, -0.2) is 4.98 Å². The van der Waals surface area contributed by atoms with Crippen molar-refractivity contribution >= 4 is 28.3 Å². The Morgan fingerprint density at radius 1 is 1.19 bits per heavy atom. The van der Waals surface area contributed by atoms with Crippen LogP contribution in [0.25, 0.3) is 10.8 Å². The minimum atomic E-state index is -0.582. The van der Waals surface area contributed by atoms with E-state index in [2.05, 4.69) is 10.3 Å². The summed E-state index contributed by atoms with van der Waals surface area (Å²) >= 11 is 0. The molecular formula is C21H22N4O2. The van der Waals surface area contributed by atoms with Crippen molar-refractivity contribution in [1.29, 1.82) is 0 Å². The minimum Gasteiger partial charge on any atom is -0.353 e. The minimum absolute atomic E-state index is 0.120. The van der Waals surface area contributed by atoms with Crippen molar-refractivity contribution in [2.24, 2.45) is 0 Å². The van der Waals surface area contributed by atoms with Gasteiger partial charge in [-0.3, -0.25) is 14.5 Å². The average Bonchev–Trinajstić information content (AvgIpc) is 3.14. The second kappa shape index (κ2) is 6.54. The molecule has 1 N–H and O–H groups in total. The van der Waals surface area contributed by atoms with Gasteiger partial charge >= 0.3 is 0 Å². The van der Waals surface area contributed by atoms with Crippen LogP contribution in [0.5, 0.6) is 0 Å². The molecule has 6 heteroatoms. The van der Waals surface area contributed by atoms with Crippen LogP contribution in [-0.4, -0.2) is 34.0 Å². The van der Waals surface area contributed by atoms with Crippen LogP contribution in [0, 0.1) is 13.8 Å². The molecule has 0 radical (unpaired) electrons. The SMILES string of the molecule is Cc1ncn(CCNC(=O)C(C)N2C(=O)c3cccc4cccc2c34)c1C. The molecule has 1 aliphatic heterocycles. The molecule has 1 unspecified atom stereocenters. The third kappa shape index (κ3) is 2.77. The molecule has 1 aliphatic rings. The van der Waals surface area contributed by atoms with Gasteiger partial charge in [0, 0.05) is 29.7 Å². The van der Waals surface area contributed by atoms with Crippen LogP contribution in [0.15, 0.2) is 42.7 Å². The maximum absolute atomic E-state index is 12.9. The zero-order valence-corrected chi connectivity index (χ0v) is 15.7. The number of nitrogens with one attached hydrogen (secondary N) is 1. The van der Waals surface area contributed by atoms with E-state index in [1.165, 1.54) is 0 Å². The molecule has 6 nitrogen and oxygen atoms in total. The summed E-state index contributed by atoms with van der Waals surface area (Å²) in [5.41, 5.74) is 3.54. The quantitative estimate of drug-likeness (QED) is 0.759. The molecule has 0 saturated carbocycles. The Balaban J connectivity index is 1.49. The summed E-state index contributed by atoms with van der Waals surface area (Å²) in [5, 5.41) is 4.88. The summed E-state index contributed by atoms with van der Waals surface area (Å²) < 4.78 is 2.01. The van der Waals surface area contributed by atoms with Gasteiger partial charge in [-0.2, -0.15) is 0 Å². The first-order valence-electron chi connectivity index (χ1n) is 9.10. The Bertz CT molecular complexity index is 1050. The van der Waals surface area contributed by atoms with Crippen LogP contribution in [0.3, 0.4) is 0 Å². The highest BCUT2D eigenvalue weighted by molar-refractivity contribution is 6.26. The van der Waals surface area contributed by atoms with Gasteiger partial charge in [0.15, 0.2) is 0 Å². The molecule has 0 spiro atoms. The van der Waals surface area contributed by atoms with Crippen LogP contribution in [-0.2, 0) is 11.3 Å². The Labute approximate surface area is 157 Å². The van der Waals surface area contributed by atoms with Crippen LogP contribution in [0.2, 0.25) is 0 Å². The summed E-state index contributed by atoms with van der Waals surface area (Å²) in [5.74, 6) is -0.284. The molecule has 1 atom stereocenters. The largest absolute Gasteiger partial charge is 0.353 e. The predicted octanol–water partition coefficient (Wildman–Crippen LogP) is 2.82. The number of aryl methyl sites for hydroxylation is 1. The van der Waals surface area contributed by atoms with Gasteiger partial charge < -0.3 is 9.88 Å². The number of benzene rings is 2. The standard InChI is InChI=1S/C21H22N4O2/c1-13-14(2)24(12-23-13)11-10-22-20(26)15(3)25-18-9-5-7-16-6-4-8-17(19(16)18)21(25)27/h4-9,12,15H,10-11H2,1-3H3,(H,22,26). The Kier molecular flexibility index (Phi) is 4.18. The van der Waals surface area contributed by atoms with Gasteiger partial charge in [0.25, 0.3) is 5.91 Å². The number of carbonyl (C=O) groups is 2. The van der Waals surface area contributed by atoms with E-state index in [9.17, 15) is 9.59 Å². The topological polar surface area (TPSA) is 67.2 Å². The van der Waals surface area contributed by atoms with E-state index < -0.39 is 6.04 Å². The normalized spacial score (nSPS) is 14.0. The molecule has 2 heterocycles. The number of amides is 2. The van der Waals surface area contributed by atoms with Crippen molar-refractivity contribution in [3.8, 4) is 0 Å². The lowest BCUT2D eigenvalue weighted by Gasteiger charge is -2.24. The summed E-state index contributed by atoms with van der Waals surface area (Å²) in [6, 6.07) is 10.9. The van der Waals surface area contributed by atoms with E-state index >= 15 is 0 Å². The lowest BCUT2D eigenvalue weighted by Crippen LogP contribution is -2.47. The summed E-state index contributed by atoms with van der Waals surface area (Å²) in [6.07, 6.45) is 1.78. The van der Waals surface area contributed by atoms with Crippen LogP contribution in [0.4, 0.5) is 5.69 Å². The van der Waals surface area contributed by atoms with Crippen molar-refractivity contribution in [2.45, 2.75) is 33.4 Å². The van der Waals surface area contributed by atoms with Gasteiger partial charge in [0.2, 0.25) is 5.91 Å². The molecule has 2 aromatic carbocycles. The monoisotopic (exact) mass is 362 g/mol. The van der Waals surface area contributed by atoms with E-state index in [1.54, 1.807) is 18.2 Å². The Morgan fingerprint density at radius 3 is 2.63 bits per heavy atom. The lowest BCUT2D eigenvalue weighted by molar-refractivity contribution is -0.122. The Hall–Kier alpha value is -3.15. The number of aromatic nitrogens is 2. The molecule has 0 saturated heterocycles. The molecule has 1 aromatic heterocycles. The lowest BCUT2D eigenvalue weighted by atomic mass is 10.1. The maximum atomic E-state index is 12.9. The summed E-state index contributed by atoms with van der Waals surface area (Å²) in [4.78, 5) is 31.5. The third-order valence-electron chi connectivity index (χ3n) is 5.36. The molecule has 0 fully saturated rings. The highest BCUT2D eigenvalue weighted by Crippen LogP contribution is 2.38. The van der Waals surface area contributed by atoms with E-state index in [0.29, 0.717) is 18.7 Å². The molecule has 2 amide bonds. The summed E-state index contributed by atoms with van der Waals surface area (Å²) in [6.45, 7) is 6.87. The van der Waals surface area contributed by atoms with E-state index in [-0.39, 0.29) is 11.8 Å². The highest BCUT2D eigenvalue weighted by Gasteiger charge is 2.35. The molecule has 0 aliphatic carbocycles. The molecule has 138 valence electrons. The first kappa shape index (κ1) is 17.3. The predicted molar refractivity (Wildman–Crippen MR) is 105 cm³/mol. The second-order valence-electron chi connectivity index (χ2n) is 6.93. The number of rotatable bonds is 5. The molecule has 0 bridgehead atoms. The molecular weight excluding hydrogens is 340 g/mol. The van der Waals surface area contributed by atoms with Crippen LogP contribution < -0.4 is 10.2 Å². The highest BCUT2D eigenvalue weighted by atomic mass is 16.2. The Morgan fingerprint density at radius 2 is 1.93 bits per heavy atom. The number of anilines is 1. The van der Waals surface area contributed by atoms with Crippen molar-refractivity contribution < 1.29 is 9.59 Å². The number of imidazole rings is 1. The molecule has 3 aromatic rings. The fourth-order valence-electron chi connectivity index (χ4n) is 3.66. The number of carbonyl (C=O) groups excluding carboxylic acids is 2. The van der Waals surface area contributed by atoms with Crippen molar-refractivity contribution in [3.63, 3.8) is 0 Å². The fourth-order valence-corrected chi connectivity index (χ4v) is 3.66. The summed E-state index contributed by atoms with van der Waals surface area (Å²) in [7, 11) is 0. The zero-order valence-electron chi connectivity index (χ0n) is 15.7. The fraction of sp³-hybridized carbons (Fsp3) is 0.286. The number of hydrogen-bond acceptors (Lipinski definition) is 3. The maximum Gasteiger partial charge on any atom is 0.259 e. The van der Waals surface area contributed by atoms with Gasteiger partial charge in [-0.1, -0.05) is 24.3 Å². The average molecular weight is 362 g/mol.